The Morgan fingerprint density at radius 3 is 2.78 bits per heavy atom. The maximum Gasteiger partial charge on any atom is 0.253 e. The van der Waals surface area contributed by atoms with E-state index in [2.05, 4.69) is 53.0 Å². The van der Waals surface area contributed by atoms with Gasteiger partial charge in [-0.05, 0) is 55.5 Å². The summed E-state index contributed by atoms with van der Waals surface area (Å²) in [7, 11) is 1.75. The van der Waals surface area contributed by atoms with Crippen molar-refractivity contribution in [3.8, 4) is 5.75 Å². The second-order valence-corrected chi connectivity index (χ2v) is 7.93. The molecule has 3 rings (SSSR count). The standard InChI is InChI=1S/C25H34N4O3/c1-4-12-31-23-14-18(2)10-11-20(23)17-28-25(26-3)27-16-19-7-5-8-21(15-19)29-24(30)22-9-6-13-32-22/h5,7-8,10-11,14-15,22H,4,6,9,12-13,16-17H2,1-3H3,(H,29,30)(H2,26,27,28). The molecule has 0 bridgehead atoms. The number of carbonyl (C=O) groups excluding carboxylic acids is 1. The molecule has 1 aliphatic rings. The molecule has 1 heterocycles. The van der Waals surface area contributed by atoms with E-state index < -0.39 is 0 Å². The van der Waals surface area contributed by atoms with E-state index in [4.69, 9.17) is 9.47 Å². The smallest absolute Gasteiger partial charge is 0.253 e. The van der Waals surface area contributed by atoms with Gasteiger partial charge in [0.05, 0.1) is 6.61 Å². The van der Waals surface area contributed by atoms with Gasteiger partial charge in [0.2, 0.25) is 0 Å². The highest BCUT2D eigenvalue weighted by molar-refractivity contribution is 5.94. The van der Waals surface area contributed by atoms with Gasteiger partial charge in [0.15, 0.2) is 5.96 Å². The van der Waals surface area contributed by atoms with Gasteiger partial charge in [0.25, 0.3) is 5.91 Å². The molecule has 7 nitrogen and oxygen atoms in total. The third-order valence-electron chi connectivity index (χ3n) is 5.23. The van der Waals surface area contributed by atoms with Crippen LogP contribution in [-0.2, 0) is 22.6 Å². The zero-order valence-electron chi connectivity index (χ0n) is 19.2. The van der Waals surface area contributed by atoms with E-state index in [0.29, 0.717) is 32.3 Å². The van der Waals surface area contributed by atoms with E-state index in [9.17, 15) is 4.79 Å². The van der Waals surface area contributed by atoms with E-state index in [1.54, 1.807) is 7.05 Å². The molecule has 32 heavy (non-hydrogen) atoms. The molecule has 3 N–H and O–H groups in total. The van der Waals surface area contributed by atoms with Crippen LogP contribution in [0.2, 0.25) is 0 Å². The molecule has 1 fully saturated rings. The third kappa shape index (κ3) is 6.99. The number of anilines is 1. The van der Waals surface area contributed by atoms with E-state index in [-0.39, 0.29) is 12.0 Å². The second kappa shape index (κ2) is 12.1. The van der Waals surface area contributed by atoms with Crippen molar-refractivity contribution in [2.75, 3.05) is 25.6 Å². The number of rotatable bonds is 9. The quantitative estimate of drug-likeness (QED) is 0.410. The van der Waals surface area contributed by atoms with Crippen LogP contribution in [0.25, 0.3) is 0 Å². The number of hydrogen-bond acceptors (Lipinski definition) is 4. The first kappa shape index (κ1) is 23.6. The largest absolute Gasteiger partial charge is 0.493 e. The summed E-state index contributed by atoms with van der Waals surface area (Å²) in [4.78, 5) is 16.6. The fraction of sp³-hybridized carbons (Fsp3) is 0.440. The summed E-state index contributed by atoms with van der Waals surface area (Å²) in [5.41, 5.74) is 4.07. The van der Waals surface area contributed by atoms with Crippen LogP contribution in [-0.4, -0.2) is 38.2 Å². The van der Waals surface area contributed by atoms with Crippen molar-refractivity contribution >= 4 is 17.6 Å². The van der Waals surface area contributed by atoms with Crippen molar-refractivity contribution < 1.29 is 14.3 Å². The van der Waals surface area contributed by atoms with E-state index in [1.807, 2.05) is 24.3 Å². The van der Waals surface area contributed by atoms with E-state index in [0.717, 1.165) is 41.8 Å². The second-order valence-electron chi connectivity index (χ2n) is 7.93. The minimum atomic E-state index is -0.340. The Balaban J connectivity index is 1.53. The zero-order valence-corrected chi connectivity index (χ0v) is 19.2. The Bertz CT molecular complexity index is 923. The molecule has 0 saturated carbocycles. The van der Waals surface area contributed by atoms with Gasteiger partial charge in [-0.1, -0.05) is 31.2 Å². The Morgan fingerprint density at radius 2 is 2.03 bits per heavy atom. The summed E-state index contributed by atoms with van der Waals surface area (Å²) in [5.74, 6) is 1.52. The Morgan fingerprint density at radius 1 is 1.19 bits per heavy atom. The number of aliphatic imine (C=N–C) groups is 1. The van der Waals surface area contributed by atoms with Crippen LogP contribution >= 0.6 is 0 Å². The average Bonchev–Trinajstić information content (AvgIpc) is 3.34. The summed E-state index contributed by atoms with van der Waals surface area (Å²) < 4.78 is 11.4. The predicted molar refractivity (Wildman–Crippen MR) is 128 cm³/mol. The highest BCUT2D eigenvalue weighted by atomic mass is 16.5. The van der Waals surface area contributed by atoms with E-state index in [1.165, 1.54) is 5.56 Å². The van der Waals surface area contributed by atoms with E-state index >= 15 is 0 Å². The van der Waals surface area contributed by atoms with Crippen molar-refractivity contribution in [3.63, 3.8) is 0 Å². The lowest BCUT2D eigenvalue weighted by Crippen LogP contribution is -2.36. The van der Waals surface area contributed by atoms with Gasteiger partial charge < -0.3 is 25.4 Å². The monoisotopic (exact) mass is 438 g/mol. The van der Waals surface area contributed by atoms with Crippen molar-refractivity contribution in [1.82, 2.24) is 10.6 Å². The number of nitrogens with zero attached hydrogens (tertiary/aromatic N) is 1. The number of amides is 1. The zero-order chi connectivity index (χ0) is 22.8. The average molecular weight is 439 g/mol. The van der Waals surface area contributed by atoms with Crippen LogP contribution in [0.4, 0.5) is 5.69 Å². The molecule has 0 aromatic heterocycles. The molecule has 0 spiro atoms. The summed E-state index contributed by atoms with van der Waals surface area (Å²) in [6.07, 6.45) is 2.34. The highest BCUT2D eigenvalue weighted by Gasteiger charge is 2.23. The Labute approximate surface area is 190 Å². The highest BCUT2D eigenvalue weighted by Crippen LogP contribution is 2.20. The van der Waals surface area contributed by atoms with Crippen LogP contribution in [0, 0.1) is 6.92 Å². The fourth-order valence-corrected chi connectivity index (χ4v) is 3.51. The molecule has 2 aromatic carbocycles. The summed E-state index contributed by atoms with van der Waals surface area (Å²) in [5, 5.41) is 9.62. The van der Waals surface area contributed by atoms with Crippen molar-refractivity contribution in [1.29, 1.82) is 0 Å². The normalized spacial score (nSPS) is 16.0. The molecule has 7 heteroatoms. The van der Waals surface area contributed by atoms with Gasteiger partial charge in [-0.3, -0.25) is 9.79 Å². The summed E-state index contributed by atoms with van der Waals surface area (Å²) in [6.45, 7) is 6.70. The maximum atomic E-state index is 12.3. The first-order valence-corrected chi connectivity index (χ1v) is 11.3. The van der Waals surface area contributed by atoms with Crippen LogP contribution < -0.4 is 20.7 Å². The predicted octanol–water partition coefficient (Wildman–Crippen LogP) is 3.77. The number of carbonyl (C=O) groups is 1. The molecule has 1 aliphatic heterocycles. The minimum absolute atomic E-state index is 0.0794. The fourth-order valence-electron chi connectivity index (χ4n) is 3.51. The number of aryl methyl sites for hydroxylation is 1. The Kier molecular flexibility index (Phi) is 8.92. The molecule has 1 saturated heterocycles. The number of hydrogen-bond donors (Lipinski definition) is 3. The van der Waals surface area contributed by atoms with Gasteiger partial charge in [0.1, 0.15) is 11.9 Å². The molecule has 2 aromatic rings. The number of guanidine groups is 1. The number of ether oxygens (including phenoxy) is 2. The summed E-state index contributed by atoms with van der Waals surface area (Å²) in [6, 6.07) is 14.0. The molecule has 0 radical (unpaired) electrons. The van der Waals surface area contributed by atoms with Crippen LogP contribution in [0.1, 0.15) is 42.9 Å². The van der Waals surface area contributed by atoms with Crippen LogP contribution in [0.3, 0.4) is 0 Å². The van der Waals surface area contributed by atoms with Crippen LogP contribution in [0.15, 0.2) is 47.5 Å². The first-order chi connectivity index (χ1) is 15.6. The lowest BCUT2D eigenvalue weighted by Gasteiger charge is -2.16. The molecule has 172 valence electrons. The lowest BCUT2D eigenvalue weighted by molar-refractivity contribution is -0.124. The molecular formula is C25H34N4O3. The van der Waals surface area contributed by atoms with Gasteiger partial charge in [-0.25, -0.2) is 0 Å². The minimum Gasteiger partial charge on any atom is -0.493 e. The molecule has 1 atom stereocenters. The molecule has 1 amide bonds. The van der Waals surface area contributed by atoms with Crippen molar-refractivity contribution in [2.24, 2.45) is 4.99 Å². The molecule has 0 aliphatic carbocycles. The SMILES string of the molecule is CCCOc1cc(C)ccc1CNC(=NC)NCc1cccc(NC(=O)C2CCCO2)c1. The summed E-state index contributed by atoms with van der Waals surface area (Å²) >= 11 is 0. The van der Waals surface area contributed by atoms with Gasteiger partial charge in [0, 0.05) is 38.0 Å². The van der Waals surface area contributed by atoms with Gasteiger partial charge >= 0.3 is 0 Å². The molecular weight excluding hydrogens is 404 g/mol. The number of benzene rings is 2. The maximum absolute atomic E-state index is 12.3. The van der Waals surface area contributed by atoms with Crippen molar-refractivity contribution in [3.05, 3.63) is 59.2 Å². The van der Waals surface area contributed by atoms with Gasteiger partial charge in [-0.2, -0.15) is 0 Å². The van der Waals surface area contributed by atoms with Crippen LogP contribution in [0.5, 0.6) is 5.75 Å². The topological polar surface area (TPSA) is 84.0 Å². The van der Waals surface area contributed by atoms with Crippen molar-refractivity contribution in [2.45, 2.75) is 52.3 Å². The number of nitrogens with one attached hydrogen (secondary N) is 3. The molecule has 1 unspecified atom stereocenters. The van der Waals surface area contributed by atoms with Gasteiger partial charge in [-0.15, -0.1) is 0 Å². The lowest BCUT2D eigenvalue weighted by atomic mass is 10.1. The Hall–Kier alpha value is -3.06. The first-order valence-electron chi connectivity index (χ1n) is 11.3. The third-order valence-corrected chi connectivity index (χ3v) is 5.23.